The second-order valence-corrected chi connectivity index (χ2v) is 8.74. The number of carbonyl (C=O) groups excluding carboxylic acids is 1. The Kier molecular flexibility index (Phi) is 21.3. The van der Waals surface area contributed by atoms with Gasteiger partial charge in [0.05, 0.1) is 0 Å². The number of alkyl halides is 1. The summed E-state index contributed by atoms with van der Waals surface area (Å²) in [7, 11) is 0. The van der Waals surface area contributed by atoms with Crippen LogP contribution in [0.15, 0.2) is 0 Å². The van der Waals surface area contributed by atoms with Gasteiger partial charge in [-0.05, 0) is 36.0 Å². The summed E-state index contributed by atoms with van der Waals surface area (Å²) < 4.78 is 1.21. The Morgan fingerprint density at radius 2 is 1.27 bits per heavy atom. The van der Waals surface area contributed by atoms with E-state index in [1.165, 1.54) is 94.3 Å². The fraction of sp³-hybridized carbons (Fsp3) is 0.955. The van der Waals surface area contributed by atoms with E-state index in [0.29, 0.717) is 5.92 Å². The van der Waals surface area contributed by atoms with Crippen molar-refractivity contribution in [3.63, 3.8) is 0 Å². The first kappa shape index (κ1) is 26.0. The lowest BCUT2D eigenvalue weighted by Gasteiger charge is -2.18. The quantitative estimate of drug-likeness (QED) is 0.114. The van der Waals surface area contributed by atoms with E-state index < -0.39 is 0 Å². The Bertz CT molecular complexity index is 300. The number of carbonyl (C=O) groups is 1. The molecule has 0 heterocycles. The summed E-state index contributed by atoms with van der Waals surface area (Å²) in [5.74, 6) is 0.655. The summed E-state index contributed by atoms with van der Waals surface area (Å²) in [6, 6.07) is 0.0287. The molecule has 0 rings (SSSR count). The summed E-state index contributed by atoms with van der Waals surface area (Å²) in [6.07, 6.45) is 19.5. The van der Waals surface area contributed by atoms with Crippen molar-refractivity contribution < 1.29 is 4.79 Å². The van der Waals surface area contributed by atoms with Crippen LogP contribution in [0.5, 0.6) is 0 Å². The number of urea groups is 1. The molecule has 0 radical (unpaired) electrons. The Morgan fingerprint density at radius 3 is 1.88 bits per heavy atom. The van der Waals surface area contributed by atoms with Gasteiger partial charge >= 0.3 is 6.03 Å². The number of rotatable bonds is 19. The minimum absolute atomic E-state index is 0.0287. The van der Waals surface area contributed by atoms with Crippen LogP contribution in [0.2, 0.25) is 0 Å². The molecule has 0 fully saturated rings. The van der Waals surface area contributed by atoms with E-state index in [9.17, 15) is 4.79 Å². The minimum atomic E-state index is 0.0287. The summed E-state index contributed by atoms with van der Waals surface area (Å²) in [4.78, 5) is 12.0. The zero-order valence-electron chi connectivity index (χ0n) is 17.6. The first-order valence-electron chi connectivity index (χ1n) is 11.3. The van der Waals surface area contributed by atoms with Crippen molar-refractivity contribution in [3.8, 4) is 0 Å². The molecule has 2 N–H and O–H groups in total. The molecule has 1 atom stereocenters. The fourth-order valence-corrected chi connectivity index (χ4v) is 3.86. The van der Waals surface area contributed by atoms with Gasteiger partial charge in [0.2, 0.25) is 0 Å². The van der Waals surface area contributed by atoms with E-state index in [0.717, 1.165) is 19.5 Å². The molecule has 0 aliphatic rings. The van der Waals surface area contributed by atoms with Gasteiger partial charge in [0.15, 0.2) is 0 Å². The van der Waals surface area contributed by atoms with Gasteiger partial charge < -0.3 is 10.6 Å². The molecule has 0 saturated heterocycles. The van der Waals surface area contributed by atoms with Crippen molar-refractivity contribution >= 4 is 28.6 Å². The maximum atomic E-state index is 12.0. The average molecular weight is 481 g/mol. The van der Waals surface area contributed by atoms with E-state index in [1.807, 2.05) is 0 Å². The largest absolute Gasteiger partial charge is 0.338 e. The van der Waals surface area contributed by atoms with Crippen LogP contribution < -0.4 is 10.6 Å². The Balaban J connectivity index is 3.91. The van der Waals surface area contributed by atoms with E-state index in [4.69, 9.17) is 0 Å². The Hall–Kier alpha value is 0. The predicted molar refractivity (Wildman–Crippen MR) is 124 cm³/mol. The molecule has 0 aromatic rings. The van der Waals surface area contributed by atoms with Crippen LogP contribution in [0.1, 0.15) is 110 Å². The van der Waals surface area contributed by atoms with E-state index >= 15 is 0 Å². The van der Waals surface area contributed by atoms with Crippen LogP contribution in [-0.2, 0) is 0 Å². The summed E-state index contributed by atoms with van der Waals surface area (Å²) in [5.41, 5.74) is 0. The van der Waals surface area contributed by atoms with Gasteiger partial charge in [0, 0.05) is 13.1 Å². The van der Waals surface area contributed by atoms with Crippen LogP contribution in [0.4, 0.5) is 4.79 Å². The highest BCUT2D eigenvalue weighted by molar-refractivity contribution is 14.1. The molecule has 0 aromatic heterocycles. The molecule has 0 aromatic carbocycles. The van der Waals surface area contributed by atoms with Crippen molar-refractivity contribution in [2.75, 3.05) is 17.5 Å². The summed E-state index contributed by atoms with van der Waals surface area (Å²) >= 11 is 2.41. The van der Waals surface area contributed by atoms with Crippen molar-refractivity contribution in [2.45, 2.75) is 110 Å². The fourth-order valence-electron chi connectivity index (χ4n) is 3.32. The SMILES string of the molecule is CCCCCCCCC(CCCCCC)CNC(=O)NCCCCCI. The van der Waals surface area contributed by atoms with Crippen molar-refractivity contribution in [1.82, 2.24) is 10.6 Å². The van der Waals surface area contributed by atoms with Crippen LogP contribution in [0, 0.1) is 5.92 Å². The van der Waals surface area contributed by atoms with Gasteiger partial charge in [-0.25, -0.2) is 4.79 Å². The summed E-state index contributed by atoms with van der Waals surface area (Å²) in [5, 5.41) is 6.14. The normalized spacial score (nSPS) is 12.1. The smallest absolute Gasteiger partial charge is 0.314 e. The van der Waals surface area contributed by atoms with Gasteiger partial charge in [-0.2, -0.15) is 0 Å². The summed E-state index contributed by atoms with van der Waals surface area (Å²) in [6.45, 7) is 6.19. The van der Waals surface area contributed by atoms with Crippen molar-refractivity contribution in [3.05, 3.63) is 0 Å². The van der Waals surface area contributed by atoms with Gasteiger partial charge in [0.1, 0.15) is 0 Å². The minimum Gasteiger partial charge on any atom is -0.338 e. The predicted octanol–water partition coefficient (Wildman–Crippen LogP) is 7.23. The third kappa shape index (κ3) is 18.8. The molecule has 3 nitrogen and oxygen atoms in total. The molecule has 156 valence electrons. The molecular formula is C22H45IN2O. The maximum Gasteiger partial charge on any atom is 0.314 e. The highest BCUT2D eigenvalue weighted by atomic mass is 127. The Morgan fingerprint density at radius 1 is 0.731 bits per heavy atom. The number of hydrogen-bond donors (Lipinski definition) is 2. The Labute approximate surface area is 177 Å². The molecule has 0 bridgehead atoms. The number of nitrogens with one attached hydrogen (secondary N) is 2. The van der Waals surface area contributed by atoms with Crippen molar-refractivity contribution in [1.29, 1.82) is 0 Å². The van der Waals surface area contributed by atoms with Crippen molar-refractivity contribution in [2.24, 2.45) is 5.92 Å². The average Bonchev–Trinajstić information content (AvgIpc) is 2.65. The van der Waals surface area contributed by atoms with Crippen LogP contribution in [-0.4, -0.2) is 23.5 Å². The first-order chi connectivity index (χ1) is 12.7. The van der Waals surface area contributed by atoms with Gasteiger partial charge in [-0.15, -0.1) is 0 Å². The monoisotopic (exact) mass is 480 g/mol. The second-order valence-electron chi connectivity index (χ2n) is 7.66. The molecule has 0 saturated carbocycles. The molecule has 1 unspecified atom stereocenters. The van der Waals surface area contributed by atoms with E-state index in [1.54, 1.807) is 0 Å². The number of hydrogen-bond acceptors (Lipinski definition) is 1. The molecule has 2 amide bonds. The molecule has 26 heavy (non-hydrogen) atoms. The lowest BCUT2D eigenvalue weighted by atomic mass is 9.94. The third-order valence-electron chi connectivity index (χ3n) is 5.08. The zero-order chi connectivity index (χ0) is 19.3. The number of unbranched alkanes of at least 4 members (excludes halogenated alkanes) is 10. The molecule has 4 heteroatoms. The van der Waals surface area contributed by atoms with E-state index in [-0.39, 0.29) is 6.03 Å². The first-order valence-corrected chi connectivity index (χ1v) is 12.8. The topological polar surface area (TPSA) is 41.1 Å². The molecule has 0 spiro atoms. The van der Waals surface area contributed by atoms with Crippen LogP contribution in [0.25, 0.3) is 0 Å². The standard InChI is InChI=1S/C22H45IN2O/c1-3-5-7-9-10-13-17-21(16-12-8-6-4-2)20-25-22(26)24-19-15-11-14-18-23/h21H,3-20H2,1-2H3,(H2,24,25,26). The van der Waals surface area contributed by atoms with Gasteiger partial charge in [0.25, 0.3) is 0 Å². The van der Waals surface area contributed by atoms with Crippen LogP contribution in [0.3, 0.4) is 0 Å². The zero-order valence-corrected chi connectivity index (χ0v) is 19.7. The maximum absolute atomic E-state index is 12.0. The number of halogens is 1. The molecule has 0 aliphatic carbocycles. The van der Waals surface area contributed by atoms with E-state index in [2.05, 4.69) is 47.1 Å². The highest BCUT2D eigenvalue weighted by Gasteiger charge is 2.10. The van der Waals surface area contributed by atoms with Gasteiger partial charge in [-0.1, -0.05) is 107 Å². The van der Waals surface area contributed by atoms with Gasteiger partial charge in [-0.3, -0.25) is 0 Å². The highest BCUT2D eigenvalue weighted by Crippen LogP contribution is 2.18. The lowest BCUT2D eigenvalue weighted by Crippen LogP contribution is -2.38. The lowest BCUT2D eigenvalue weighted by molar-refractivity contribution is 0.237. The second kappa shape index (κ2) is 21.3. The number of amides is 2. The van der Waals surface area contributed by atoms with Crippen LogP contribution >= 0.6 is 22.6 Å². The third-order valence-corrected chi connectivity index (χ3v) is 5.84. The molecule has 0 aliphatic heterocycles. The molecular weight excluding hydrogens is 435 g/mol.